The maximum absolute atomic E-state index is 11.5. The van der Waals surface area contributed by atoms with Gasteiger partial charge >= 0.3 is 5.97 Å². The molecule has 0 saturated carbocycles. The molecule has 2 aromatic rings. The zero-order valence-electron chi connectivity index (χ0n) is 12.2. The predicted octanol–water partition coefficient (Wildman–Crippen LogP) is 4.22. The molecule has 108 valence electrons. The fourth-order valence-electron chi connectivity index (χ4n) is 2.44. The summed E-state index contributed by atoms with van der Waals surface area (Å²) in [5.41, 5.74) is 0.959. The van der Waals surface area contributed by atoms with E-state index in [1.807, 2.05) is 24.3 Å². The van der Waals surface area contributed by atoms with E-state index < -0.39 is 5.97 Å². The van der Waals surface area contributed by atoms with Crippen molar-refractivity contribution in [2.24, 2.45) is 0 Å². The lowest BCUT2D eigenvalue weighted by Gasteiger charge is -2.26. The van der Waals surface area contributed by atoms with Gasteiger partial charge in [-0.25, -0.2) is 4.79 Å². The highest BCUT2D eigenvalue weighted by Crippen LogP contribution is 2.32. The van der Waals surface area contributed by atoms with Gasteiger partial charge in [-0.3, -0.25) is 4.90 Å². The fraction of sp³-hybridized carbons (Fsp3) is 0.438. The molecule has 3 nitrogen and oxygen atoms in total. The Morgan fingerprint density at radius 1 is 1.35 bits per heavy atom. The number of hydrogen-bond acceptors (Lipinski definition) is 3. The van der Waals surface area contributed by atoms with Gasteiger partial charge in [0, 0.05) is 17.3 Å². The van der Waals surface area contributed by atoms with Gasteiger partial charge in [-0.15, -0.1) is 11.3 Å². The first-order valence-electron chi connectivity index (χ1n) is 7.02. The Morgan fingerprint density at radius 3 is 2.65 bits per heavy atom. The van der Waals surface area contributed by atoms with Crippen molar-refractivity contribution in [2.45, 2.75) is 39.8 Å². The van der Waals surface area contributed by atoms with Crippen LogP contribution in [-0.4, -0.2) is 28.6 Å². The zero-order chi connectivity index (χ0) is 14.7. The third-order valence-electron chi connectivity index (χ3n) is 3.49. The van der Waals surface area contributed by atoms with Crippen LogP contribution in [0.4, 0.5) is 0 Å². The van der Waals surface area contributed by atoms with Crippen molar-refractivity contribution >= 4 is 27.4 Å². The van der Waals surface area contributed by atoms with Gasteiger partial charge in [-0.1, -0.05) is 25.1 Å². The summed E-state index contributed by atoms with van der Waals surface area (Å²) in [5, 5.41) is 10.5. The Balaban J connectivity index is 2.45. The summed E-state index contributed by atoms with van der Waals surface area (Å²) in [6.45, 7) is 8.16. The molecule has 1 aromatic carbocycles. The SMILES string of the molecule is CCCN(Cc1c(C(=O)O)sc2ccccc12)C(C)C. The minimum Gasteiger partial charge on any atom is -0.477 e. The van der Waals surface area contributed by atoms with Crippen LogP contribution >= 0.6 is 11.3 Å². The van der Waals surface area contributed by atoms with E-state index >= 15 is 0 Å². The Bertz CT molecular complexity index is 604. The molecule has 0 radical (unpaired) electrons. The van der Waals surface area contributed by atoms with Crippen molar-refractivity contribution in [2.75, 3.05) is 6.54 Å². The van der Waals surface area contributed by atoms with Crippen LogP contribution < -0.4 is 0 Å². The molecule has 0 unspecified atom stereocenters. The van der Waals surface area contributed by atoms with Crippen molar-refractivity contribution in [1.82, 2.24) is 4.90 Å². The minimum absolute atomic E-state index is 0.412. The number of nitrogens with zero attached hydrogens (tertiary/aromatic N) is 1. The molecule has 20 heavy (non-hydrogen) atoms. The number of fused-ring (bicyclic) bond motifs is 1. The van der Waals surface area contributed by atoms with Crippen molar-refractivity contribution in [3.8, 4) is 0 Å². The predicted molar refractivity (Wildman–Crippen MR) is 84.6 cm³/mol. The summed E-state index contributed by atoms with van der Waals surface area (Å²) in [4.78, 5) is 14.3. The Kier molecular flexibility index (Phi) is 4.78. The number of benzene rings is 1. The van der Waals surface area contributed by atoms with E-state index in [1.54, 1.807) is 0 Å². The maximum atomic E-state index is 11.5. The van der Waals surface area contributed by atoms with Gasteiger partial charge < -0.3 is 5.11 Å². The van der Waals surface area contributed by atoms with Gasteiger partial charge in [0.1, 0.15) is 4.88 Å². The standard InChI is InChI=1S/C16H21NO2S/c1-4-9-17(11(2)3)10-13-12-7-5-6-8-14(12)20-15(13)16(18)19/h5-8,11H,4,9-10H2,1-3H3,(H,18,19). The number of rotatable bonds is 6. The molecule has 0 saturated heterocycles. The van der Waals surface area contributed by atoms with Crippen LogP contribution in [0.5, 0.6) is 0 Å². The highest BCUT2D eigenvalue weighted by atomic mass is 32.1. The maximum Gasteiger partial charge on any atom is 0.346 e. The monoisotopic (exact) mass is 291 g/mol. The number of carbonyl (C=O) groups is 1. The van der Waals surface area contributed by atoms with Crippen LogP contribution in [0.25, 0.3) is 10.1 Å². The molecule has 2 rings (SSSR count). The topological polar surface area (TPSA) is 40.5 Å². The van der Waals surface area contributed by atoms with Gasteiger partial charge in [0.05, 0.1) is 0 Å². The van der Waals surface area contributed by atoms with Crippen molar-refractivity contribution in [3.63, 3.8) is 0 Å². The van der Waals surface area contributed by atoms with E-state index in [0.29, 0.717) is 17.5 Å². The summed E-state index contributed by atoms with van der Waals surface area (Å²) in [5.74, 6) is -0.818. The number of carboxylic acids is 1. The number of hydrogen-bond donors (Lipinski definition) is 1. The molecule has 0 spiro atoms. The number of thiophene rings is 1. The summed E-state index contributed by atoms with van der Waals surface area (Å²) in [6.07, 6.45) is 1.07. The lowest BCUT2D eigenvalue weighted by molar-refractivity contribution is 0.0699. The highest BCUT2D eigenvalue weighted by Gasteiger charge is 2.20. The largest absolute Gasteiger partial charge is 0.477 e. The Morgan fingerprint density at radius 2 is 2.05 bits per heavy atom. The Labute approximate surface area is 123 Å². The molecule has 1 aromatic heterocycles. The molecular weight excluding hydrogens is 270 g/mol. The lowest BCUT2D eigenvalue weighted by atomic mass is 10.1. The minimum atomic E-state index is -0.818. The molecule has 0 atom stereocenters. The highest BCUT2D eigenvalue weighted by molar-refractivity contribution is 7.21. The normalized spacial score (nSPS) is 11.7. The quantitative estimate of drug-likeness (QED) is 0.866. The van der Waals surface area contributed by atoms with Crippen molar-refractivity contribution in [3.05, 3.63) is 34.7 Å². The van der Waals surface area contributed by atoms with Crippen molar-refractivity contribution < 1.29 is 9.90 Å². The molecule has 0 bridgehead atoms. The third kappa shape index (κ3) is 3.02. The van der Waals surface area contributed by atoms with Crippen LogP contribution in [0.2, 0.25) is 0 Å². The van der Waals surface area contributed by atoms with E-state index in [2.05, 4.69) is 25.7 Å². The molecule has 0 aliphatic carbocycles. The molecule has 0 fully saturated rings. The van der Waals surface area contributed by atoms with Crippen LogP contribution in [-0.2, 0) is 6.54 Å². The summed E-state index contributed by atoms with van der Waals surface area (Å²) in [6, 6.07) is 8.37. The summed E-state index contributed by atoms with van der Waals surface area (Å²) < 4.78 is 1.06. The van der Waals surface area contributed by atoms with E-state index in [9.17, 15) is 9.90 Å². The molecule has 1 N–H and O–H groups in total. The first-order valence-corrected chi connectivity index (χ1v) is 7.84. The lowest BCUT2D eigenvalue weighted by Crippen LogP contribution is -2.31. The van der Waals surface area contributed by atoms with E-state index in [0.717, 1.165) is 28.6 Å². The van der Waals surface area contributed by atoms with Crippen LogP contribution in [0.15, 0.2) is 24.3 Å². The van der Waals surface area contributed by atoms with Crippen LogP contribution in [0.1, 0.15) is 42.4 Å². The molecule has 1 heterocycles. The second kappa shape index (κ2) is 6.37. The second-order valence-corrected chi connectivity index (χ2v) is 6.33. The first kappa shape index (κ1) is 15.0. The molecule has 4 heteroatoms. The smallest absolute Gasteiger partial charge is 0.346 e. The zero-order valence-corrected chi connectivity index (χ0v) is 13.0. The summed E-state index contributed by atoms with van der Waals surface area (Å²) >= 11 is 1.38. The van der Waals surface area contributed by atoms with Gasteiger partial charge in [0.2, 0.25) is 0 Å². The molecule has 0 amide bonds. The number of aromatic carboxylic acids is 1. The molecule has 0 aliphatic heterocycles. The Hall–Kier alpha value is -1.39. The third-order valence-corrected chi connectivity index (χ3v) is 4.70. The van der Waals surface area contributed by atoms with Gasteiger partial charge in [0.15, 0.2) is 0 Å². The van der Waals surface area contributed by atoms with Crippen LogP contribution in [0.3, 0.4) is 0 Å². The first-order chi connectivity index (χ1) is 9.54. The van der Waals surface area contributed by atoms with E-state index in [1.165, 1.54) is 11.3 Å². The summed E-state index contributed by atoms with van der Waals surface area (Å²) in [7, 11) is 0. The average Bonchev–Trinajstić information content (AvgIpc) is 2.77. The van der Waals surface area contributed by atoms with E-state index in [-0.39, 0.29) is 0 Å². The van der Waals surface area contributed by atoms with Gasteiger partial charge in [0.25, 0.3) is 0 Å². The second-order valence-electron chi connectivity index (χ2n) is 5.28. The molecular formula is C16H21NO2S. The van der Waals surface area contributed by atoms with E-state index in [4.69, 9.17) is 0 Å². The number of carboxylic acid groups (broad SMARTS) is 1. The van der Waals surface area contributed by atoms with Gasteiger partial charge in [-0.05, 0) is 43.8 Å². The van der Waals surface area contributed by atoms with Gasteiger partial charge in [-0.2, -0.15) is 0 Å². The molecule has 0 aliphatic rings. The average molecular weight is 291 g/mol. The fourth-order valence-corrected chi connectivity index (χ4v) is 3.49. The van der Waals surface area contributed by atoms with Crippen molar-refractivity contribution in [1.29, 1.82) is 0 Å². The van der Waals surface area contributed by atoms with Crippen LogP contribution in [0, 0.1) is 0 Å².